The monoisotopic (exact) mass is 666 g/mol. The van der Waals surface area contributed by atoms with E-state index in [9.17, 15) is 0 Å². The largest absolute Gasteiger partial charge is 0.327 e. The molecule has 2 aliphatic rings. The molecular formula is C48H34N4. The Morgan fingerprint density at radius 2 is 1.31 bits per heavy atom. The number of hydrogen-bond donors (Lipinski definition) is 0. The Bertz CT molecular complexity index is 3010. The molecule has 1 aliphatic carbocycles. The summed E-state index contributed by atoms with van der Waals surface area (Å²) in [4.78, 5) is 10.3. The van der Waals surface area contributed by atoms with Crippen molar-refractivity contribution in [3.05, 3.63) is 185 Å². The van der Waals surface area contributed by atoms with Gasteiger partial charge in [-0.2, -0.15) is 0 Å². The molecule has 246 valence electrons. The minimum atomic E-state index is -0.579. The molecule has 4 heteroatoms. The van der Waals surface area contributed by atoms with Crippen molar-refractivity contribution in [2.24, 2.45) is 12.0 Å². The summed E-state index contributed by atoms with van der Waals surface area (Å²) < 4.78 is 4.73. The first kappa shape index (κ1) is 29.2. The molecule has 1 atom stereocenters. The number of nitrogens with zero attached hydrogens (tertiary/aromatic N) is 4. The van der Waals surface area contributed by atoms with E-state index in [1.165, 1.54) is 66.4 Å². The van der Waals surface area contributed by atoms with E-state index in [0.29, 0.717) is 0 Å². The van der Waals surface area contributed by atoms with E-state index in [2.05, 4.69) is 182 Å². The van der Waals surface area contributed by atoms with Crippen LogP contribution in [0.4, 0.5) is 5.69 Å². The van der Waals surface area contributed by atoms with Crippen LogP contribution < -0.4 is 0 Å². The molecule has 0 amide bonds. The normalized spacial score (nSPS) is 15.8. The van der Waals surface area contributed by atoms with Gasteiger partial charge < -0.3 is 9.13 Å². The number of hydrogen-bond acceptors (Lipinski definition) is 2. The molecule has 9 aromatic rings. The first-order valence-corrected chi connectivity index (χ1v) is 18.0. The zero-order valence-corrected chi connectivity index (χ0v) is 29.2. The smallest absolute Gasteiger partial charge is 0.140 e. The molecule has 11 rings (SSSR count). The fourth-order valence-corrected chi connectivity index (χ4v) is 9.31. The summed E-state index contributed by atoms with van der Waals surface area (Å²) >= 11 is 0. The van der Waals surface area contributed by atoms with Crippen LogP contribution in [0.3, 0.4) is 0 Å². The second-order valence-corrected chi connectivity index (χ2v) is 14.3. The van der Waals surface area contributed by atoms with Crippen molar-refractivity contribution in [2.75, 3.05) is 0 Å². The highest BCUT2D eigenvalue weighted by Gasteiger charge is 2.51. The maximum absolute atomic E-state index is 5.17. The lowest BCUT2D eigenvalue weighted by Crippen LogP contribution is -2.33. The van der Waals surface area contributed by atoms with Crippen molar-refractivity contribution in [3.63, 3.8) is 0 Å². The van der Waals surface area contributed by atoms with Crippen LogP contribution in [-0.4, -0.2) is 19.8 Å². The highest BCUT2D eigenvalue weighted by atomic mass is 15.1. The van der Waals surface area contributed by atoms with Crippen LogP contribution in [0, 0.1) is 6.92 Å². The molecule has 1 spiro atoms. The number of benzene rings is 7. The van der Waals surface area contributed by atoms with Gasteiger partial charge in [0.15, 0.2) is 0 Å². The maximum Gasteiger partial charge on any atom is 0.140 e. The van der Waals surface area contributed by atoms with Crippen LogP contribution >= 0.6 is 0 Å². The predicted molar refractivity (Wildman–Crippen MR) is 214 cm³/mol. The van der Waals surface area contributed by atoms with Gasteiger partial charge >= 0.3 is 0 Å². The van der Waals surface area contributed by atoms with Gasteiger partial charge in [-0.1, -0.05) is 109 Å². The number of aryl methyl sites for hydroxylation is 2. The third-order valence-electron chi connectivity index (χ3n) is 11.7. The van der Waals surface area contributed by atoms with Gasteiger partial charge in [-0.3, -0.25) is 4.99 Å². The number of para-hydroxylation sites is 6. The van der Waals surface area contributed by atoms with E-state index in [1.54, 1.807) is 0 Å². The highest BCUT2D eigenvalue weighted by Crippen LogP contribution is 2.61. The van der Waals surface area contributed by atoms with E-state index in [1.807, 2.05) is 0 Å². The highest BCUT2D eigenvalue weighted by molar-refractivity contribution is 6.13. The molecule has 0 fully saturated rings. The Morgan fingerprint density at radius 1 is 0.615 bits per heavy atom. The first-order chi connectivity index (χ1) is 25.5. The van der Waals surface area contributed by atoms with Crippen LogP contribution in [0.1, 0.15) is 40.3 Å². The molecule has 4 nitrogen and oxygen atoms in total. The molecule has 1 aliphatic heterocycles. The van der Waals surface area contributed by atoms with Crippen molar-refractivity contribution in [1.82, 2.24) is 14.1 Å². The molecule has 0 saturated carbocycles. The van der Waals surface area contributed by atoms with Crippen molar-refractivity contribution in [3.8, 4) is 28.2 Å². The zero-order valence-electron chi connectivity index (χ0n) is 29.2. The predicted octanol–water partition coefficient (Wildman–Crippen LogP) is 11.5. The van der Waals surface area contributed by atoms with Gasteiger partial charge in [-0.05, 0) is 101 Å². The van der Waals surface area contributed by atoms with Crippen LogP contribution in [0.2, 0.25) is 0 Å². The first-order valence-electron chi connectivity index (χ1n) is 18.0. The third kappa shape index (κ3) is 3.71. The lowest BCUT2D eigenvalue weighted by molar-refractivity contribution is 0.748. The van der Waals surface area contributed by atoms with Crippen LogP contribution in [0.15, 0.2) is 157 Å². The van der Waals surface area contributed by atoms with Gasteiger partial charge in [0.2, 0.25) is 0 Å². The standard InChI is InChI=1S/C48H34N4/c1-29-13-4-7-18-41(29)49-30(2)31-23-25-33-34-26-24-32(47-50-42-19-8-11-22-45(42)51(47)3)28-40(34)48(39(33)27-31)37-16-6-10-21-44(37)52-43-20-9-5-14-35(43)36-15-12-17-38(48)46(36)52/h4-28H,1-3H3. The SMILES string of the molecule is CC(=Nc1ccccc1C)c1ccc2c(c1)C1(c3cc(-c4nc5ccccc5n4C)ccc3-2)c2ccccc2-n2c3ccccc3c3cccc1c32. The number of aromatic nitrogens is 3. The molecule has 52 heavy (non-hydrogen) atoms. The summed E-state index contributed by atoms with van der Waals surface area (Å²) in [6, 6.07) is 55.6. The number of imidazole rings is 1. The van der Waals surface area contributed by atoms with Gasteiger partial charge in [0, 0.05) is 29.1 Å². The average molecular weight is 667 g/mol. The Morgan fingerprint density at radius 3 is 2.17 bits per heavy atom. The summed E-state index contributed by atoms with van der Waals surface area (Å²) in [7, 11) is 2.13. The van der Waals surface area contributed by atoms with Crippen molar-refractivity contribution < 1.29 is 0 Å². The van der Waals surface area contributed by atoms with E-state index in [4.69, 9.17) is 9.98 Å². The summed E-state index contributed by atoms with van der Waals surface area (Å²) in [5, 5.41) is 2.55. The summed E-state index contributed by atoms with van der Waals surface area (Å²) in [6.07, 6.45) is 0. The van der Waals surface area contributed by atoms with E-state index in [0.717, 1.165) is 39.4 Å². The molecule has 1 unspecified atom stereocenters. The molecule has 0 saturated heterocycles. The fraction of sp³-hybridized carbons (Fsp3) is 0.0833. The minimum absolute atomic E-state index is 0.579. The molecule has 3 heterocycles. The Hall–Kier alpha value is -6.52. The van der Waals surface area contributed by atoms with Crippen LogP contribution in [-0.2, 0) is 12.5 Å². The Kier molecular flexibility index (Phi) is 5.90. The van der Waals surface area contributed by atoms with Gasteiger partial charge in [0.25, 0.3) is 0 Å². The quantitative estimate of drug-likeness (QED) is 0.173. The minimum Gasteiger partial charge on any atom is -0.327 e. The average Bonchev–Trinajstić information content (AvgIpc) is 3.81. The number of fused-ring (bicyclic) bond motifs is 13. The summed E-state index contributed by atoms with van der Waals surface area (Å²) in [5.41, 5.74) is 18.3. The van der Waals surface area contributed by atoms with Gasteiger partial charge in [0.05, 0.1) is 38.9 Å². The zero-order chi connectivity index (χ0) is 34.7. The lowest BCUT2D eigenvalue weighted by atomic mass is 9.65. The van der Waals surface area contributed by atoms with Crippen LogP contribution in [0.5, 0.6) is 0 Å². The molecule has 7 aromatic carbocycles. The molecule has 0 bridgehead atoms. The Labute approximate surface area is 302 Å². The molecular weight excluding hydrogens is 633 g/mol. The van der Waals surface area contributed by atoms with Gasteiger partial charge in [-0.15, -0.1) is 0 Å². The molecule has 2 aromatic heterocycles. The van der Waals surface area contributed by atoms with Crippen LogP contribution in [0.25, 0.3) is 61.0 Å². The van der Waals surface area contributed by atoms with Gasteiger partial charge in [0.1, 0.15) is 5.82 Å². The van der Waals surface area contributed by atoms with Gasteiger partial charge in [-0.25, -0.2) is 4.98 Å². The van der Waals surface area contributed by atoms with Crippen molar-refractivity contribution >= 4 is 44.2 Å². The second kappa shape index (κ2) is 10.5. The second-order valence-electron chi connectivity index (χ2n) is 14.3. The molecule has 0 radical (unpaired) electrons. The van der Waals surface area contributed by atoms with Crippen molar-refractivity contribution in [2.45, 2.75) is 19.3 Å². The maximum atomic E-state index is 5.17. The molecule has 0 N–H and O–H groups in total. The topological polar surface area (TPSA) is 35.1 Å². The third-order valence-corrected chi connectivity index (χ3v) is 11.7. The van der Waals surface area contributed by atoms with Crippen molar-refractivity contribution in [1.29, 1.82) is 0 Å². The van der Waals surface area contributed by atoms with E-state index in [-0.39, 0.29) is 0 Å². The number of aliphatic imine (C=N–C) groups is 1. The lowest BCUT2D eigenvalue weighted by Gasteiger charge is -2.39. The van der Waals surface area contributed by atoms with E-state index >= 15 is 0 Å². The fourth-order valence-electron chi connectivity index (χ4n) is 9.31. The number of rotatable bonds is 3. The van der Waals surface area contributed by atoms with E-state index < -0.39 is 5.41 Å². The summed E-state index contributed by atoms with van der Waals surface area (Å²) in [6.45, 7) is 4.27. The summed E-state index contributed by atoms with van der Waals surface area (Å²) in [5.74, 6) is 0.966. The Balaban J connectivity index is 1.27.